The fourth-order valence-corrected chi connectivity index (χ4v) is 1.64. The van der Waals surface area contributed by atoms with Crippen LogP contribution in [0.15, 0.2) is 12.7 Å². The van der Waals surface area contributed by atoms with Gasteiger partial charge in [-0.25, -0.2) is 0 Å². The highest BCUT2D eigenvalue weighted by Gasteiger charge is 2.95. The van der Waals surface area contributed by atoms with E-state index in [0.717, 1.165) is 0 Å². The molecular formula is C12H7F17. The van der Waals surface area contributed by atoms with Crippen molar-refractivity contribution in [2.75, 3.05) is 0 Å². The monoisotopic (exact) mass is 474 g/mol. The van der Waals surface area contributed by atoms with Crippen molar-refractivity contribution in [1.29, 1.82) is 0 Å². The normalized spacial score (nSPS) is 16.2. The van der Waals surface area contributed by atoms with Crippen LogP contribution in [-0.2, 0) is 0 Å². The molecule has 0 bridgehead atoms. The van der Waals surface area contributed by atoms with Crippen molar-refractivity contribution in [3.63, 3.8) is 0 Å². The first-order valence-electron chi connectivity index (χ1n) is 6.63. The van der Waals surface area contributed by atoms with Gasteiger partial charge in [0, 0.05) is 6.42 Å². The lowest BCUT2D eigenvalue weighted by Gasteiger charge is -2.42. The van der Waals surface area contributed by atoms with Crippen LogP contribution in [0.1, 0.15) is 12.8 Å². The van der Waals surface area contributed by atoms with Crippen molar-refractivity contribution in [3.05, 3.63) is 12.7 Å². The average Bonchev–Trinajstić information content (AvgIpc) is 2.50. The van der Waals surface area contributed by atoms with E-state index in [0.29, 0.717) is 6.08 Å². The molecule has 17 heteroatoms. The SMILES string of the molecule is C=CCCC(F)(F)C(F)(F)C(F)(F)C(F)(F)C(F)(F)C(F)(F)C(F)(F)C(F)(F)F. The third kappa shape index (κ3) is 3.61. The largest absolute Gasteiger partial charge is 0.460 e. The summed E-state index contributed by atoms with van der Waals surface area (Å²) in [4.78, 5) is 0. The minimum absolute atomic E-state index is 0.340. The lowest BCUT2D eigenvalue weighted by Crippen LogP contribution is -2.74. The zero-order chi connectivity index (χ0) is 24.1. The van der Waals surface area contributed by atoms with Gasteiger partial charge in [0.2, 0.25) is 0 Å². The first-order valence-corrected chi connectivity index (χ1v) is 6.63. The van der Waals surface area contributed by atoms with Gasteiger partial charge in [0.15, 0.2) is 0 Å². The molecule has 29 heavy (non-hydrogen) atoms. The summed E-state index contributed by atoms with van der Waals surface area (Å²) >= 11 is 0. The molecule has 0 atom stereocenters. The maximum atomic E-state index is 13.3. The summed E-state index contributed by atoms with van der Waals surface area (Å²) in [6, 6.07) is 0. The van der Waals surface area contributed by atoms with Gasteiger partial charge in [-0.3, -0.25) is 0 Å². The molecule has 0 amide bonds. The van der Waals surface area contributed by atoms with Crippen molar-refractivity contribution < 1.29 is 74.6 Å². The number of rotatable bonds is 9. The highest BCUT2D eigenvalue weighted by Crippen LogP contribution is 2.64. The van der Waals surface area contributed by atoms with Gasteiger partial charge < -0.3 is 0 Å². The molecule has 0 saturated heterocycles. The van der Waals surface area contributed by atoms with Gasteiger partial charge in [0.1, 0.15) is 0 Å². The molecule has 0 saturated carbocycles. The Morgan fingerprint density at radius 3 is 1.00 bits per heavy atom. The second-order valence-corrected chi connectivity index (χ2v) is 5.48. The first kappa shape index (κ1) is 27.5. The van der Waals surface area contributed by atoms with Crippen LogP contribution in [0.4, 0.5) is 74.6 Å². The third-order valence-corrected chi connectivity index (χ3v) is 3.45. The number of allylic oxidation sites excluding steroid dienone is 1. The Hall–Kier alpha value is -1.45. The van der Waals surface area contributed by atoms with Crippen molar-refractivity contribution in [3.8, 4) is 0 Å². The highest BCUT2D eigenvalue weighted by atomic mass is 19.4. The Bertz CT molecular complexity index is 596. The summed E-state index contributed by atoms with van der Waals surface area (Å²) in [5.41, 5.74) is 0. The molecule has 0 unspecified atom stereocenters. The van der Waals surface area contributed by atoms with Gasteiger partial charge in [-0.2, -0.15) is 74.6 Å². The summed E-state index contributed by atoms with van der Waals surface area (Å²) in [7, 11) is 0. The second-order valence-electron chi connectivity index (χ2n) is 5.48. The molecule has 0 aliphatic rings. The fraction of sp³-hybridized carbons (Fsp3) is 0.833. The van der Waals surface area contributed by atoms with Crippen LogP contribution in [0.2, 0.25) is 0 Å². The number of hydrogen-bond donors (Lipinski definition) is 0. The molecule has 0 rings (SSSR count). The van der Waals surface area contributed by atoms with E-state index in [4.69, 9.17) is 0 Å². The van der Waals surface area contributed by atoms with Crippen LogP contribution in [0, 0.1) is 0 Å². The Balaban J connectivity index is 6.61. The van der Waals surface area contributed by atoms with Gasteiger partial charge >= 0.3 is 47.6 Å². The molecule has 0 spiro atoms. The number of hydrogen-bond acceptors (Lipinski definition) is 0. The van der Waals surface area contributed by atoms with E-state index in [9.17, 15) is 74.6 Å². The summed E-state index contributed by atoms with van der Waals surface area (Å²) in [6.45, 7) is 2.66. The molecule has 174 valence electrons. The van der Waals surface area contributed by atoms with Crippen LogP contribution in [0.25, 0.3) is 0 Å². The Kier molecular flexibility index (Phi) is 6.71. The first-order chi connectivity index (χ1) is 12.3. The van der Waals surface area contributed by atoms with E-state index in [1.165, 1.54) is 0 Å². The minimum Gasteiger partial charge on any atom is -0.200 e. The summed E-state index contributed by atoms with van der Waals surface area (Å²) in [5.74, 6) is -55.9. The van der Waals surface area contributed by atoms with Crippen molar-refractivity contribution in [2.45, 2.75) is 60.5 Å². The summed E-state index contributed by atoms with van der Waals surface area (Å²) in [5, 5.41) is 0. The van der Waals surface area contributed by atoms with Gasteiger partial charge in [0.05, 0.1) is 0 Å². The standard InChI is InChI=1S/C12H7F17/c1-2-3-4-5(13,14)6(15,16)7(17,18)8(19,20)9(21,22)10(23,24)11(25,26)12(27,28)29/h2H,1,3-4H2. The van der Waals surface area contributed by atoms with E-state index < -0.39 is 60.5 Å². The molecule has 0 aromatic carbocycles. The third-order valence-electron chi connectivity index (χ3n) is 3.45. The molecule has 0 aromatic rings. The number of alkyl halides is 17. The van der Waals surface area contributed by atoms with Gasteiger partial charge in [-0.1, -0.05) is 6.08 Å². The van der Waals surface area contributed by atoms with Crippen LogP contribution >= 0.6 is 0 Å². The van der Waals surface area contributed by atoms with Crippen LogP contribution < -0.4 is 0 Å². The quantitative estimate of drug-likeness (QED) is 0.250. The Labute approximate surface area is 149 Å². The second kappa shape index (κ2) is 7.06. The summed E-state index contributed by atoms with van der Waals surface area (Å²) in [6.07, 6.45) is -11.2. The van der Waals surface area contributed by atoms with Crippen molar-refractivity contribution in [1.82, 2.24) is 0 Å². The maximum Gasteiger partial charge on any atom is 0.460 e. The van der Waals surface area contributed by atoms with Crippen molar-refractivity contribution >= 4 is 0 Å². The van der Waals surface area contributed by atoms with E-state index in [2.05, 4.69) is 6.58 Å². The molecule has 0 nitrogen and oxygen atoms in total. The molecule has 0 aromatic heterocycles. The fourth-order valence-electron chi connectivity index (χ4n) is 1.64. The predicted octanol–water partition coefficient (Wildman–Crippen LogP) is 6.96. The maximum absolute atomic E-state index is 13.3. The molecule has 0 heterocycles. The predicted molar refractivity (Wildman–Crippen MR) is 60.1 cm³/mol. The van der Waals surface area contributed by atoms with E-state index in [1.54, 1.807) is 0 Å². The molecule has 0 N–H and O–H groups in total. The lowest BCUT2D eigenvalue weighted by atomic mass is 9.88. The topological polar surface area (TPSA) is 0 Å². The zero-order valence-electron chi connectivity index (χ0n) is 13.1. The van der Waals surface area contributed by atoms with Gasteiger partial charge in [0.25, 0.3) is 0 Å². The molecular weight excluding hydrogens is 467 g/mol. The lowest BCUT2D eigenvalue weighted by molar-refractivity contribution is -0.461. The van der Waals surface area contributed by atoms with Gasteiger partial charge in [-0.05, 0) is 6.42 Å². The Morgan fingerprint density at radius 2 is 0.724 bits per heavy atom. The van der Waals surface area contributed by atoms with E-state index >= 15 is 0 Å². The molecule has 0 aliphatic carbocycles. The molecule has 0 fully saturated rings. The van der Waals surface area contributed by atoms with Crippen molar-refractivity contribution in [2.24, 2.45) is 0 Å². The van der Waals surface area contributed by atoms with Crippen LogP contribution in [0.3, 0.4) is 0 Å². The highest BCUT2D eigenvalue weighted by molar-refractivity contribution is 5.15. The zero-order valence-corrected chi connectivity index (χ0v) is 13.1. The van der Waals surface area contributed by atoms with E-state index in [-0.39, 0.29) is 0 Å². The van der Waals surface area contributed by atoms with Gasteiger partial charge in [-0.15, -0.1) is 6.58 Å². The Morgan fingerprint density at radius 1 is 0.448 bits per heavy atom. The number of halogens is 17. The smallest absolute Gasteiger partial charge is 0.200 e. The van der Waals surface area contributed by atoms with E-state index in [1.807, 2.05) is 0 Å². The average molecular weight is 474 g/mol. The summed E-state index contributed by atoms with van der Waals surface area (Å²) < 4.78 is 218. The molecule has 0 radical (unpaired) electrons. The van der Waals surface area contributed by atoms with Crippen LogP contribution in [-0.4, -0.2) is 47.6 Å². The van der Waals surface area contributed by atoms with Crippen LogP contribution in [0.5, 0.6) is 0 Å². The minimum atomic E-state index is -8.58. The molecule has 0 aliphatic heterocycles.